The SMILES string of the molecule is O=C([AsH2])CCN(CCC(c1ccccc1)c1ccccc1)C(=O)Nc1nc(-c2ccccc2)c(Cl)s1. The summed E-state index contributed by atoms with van der Waals surface area (Å²) >= 11 is 8.72. The van der Waals surface area contributed by atoms with Gasteiger partial charge in [0, 0.05) is 0 Å². The molecule has 0 aliphatic carbocycles. The molecule has 0 fully saturated rings. The Balaban J connectivity index is 1.51. The zero-order valence-corrected chi connectivity index (χ0v) is 23.6. The summed E-state index contributed by atoms with van der Waals surface area (Å²) in [5.41, 5.74) is 3.92. The van der Waals surface area contributed by atoms with E-state index in [0.717, 1.165) is 28.8 Å². The van der Waals surface area contributed by atoms with Gasteiger partial charge in [0.1, 0.15) is 0 Å². The Morgan fingerprint density at radius 1 is 0.889 bits per heavy atom. The van der Waals surface area contributed by atoms with Crippen molar-refractivity contribution in [3.05, 3.63) is 106 Å². The summed E-state index contributed by atoms with van der Waals surface area (Å²) in [4.78, 5) is 31.3. The van der Waals surface area contributed by atoms with Crippen molar-refractivity contribution in [2.24, 2.45) is 0 Å². The number of benzene rings is 3. The molecule has 8 heteroatoms. The van der Waals surface area contributed by atoms with Gasteiger partial charge in [-0.15, -0.1) is 0 Å². The fourth-order valence-corrected chi connectivity index (χ4v) is 5.39. The number of nitrogens with zero attached hydrogens (tertiary/aromatic N) is 2. The van der Waals surface area contributed by atoms with Crippen molar-refractivity contribution >= 4 is 55.5 Å². The third kappa shape index (κ3) is 7.07. The summed E-state index contributed by atoms with van der Waals surface area (Å²) < 4.78 is 0.620. The van der Waals surface area contributed by atoms with Gasteiger partial charge in [-0.1, -0.05) is 6.07 Å². The topological polar surface area (TPSA) is 62.3 Å². The molecule has 2 amide bonds. The number of hydrogen-bond donors (Lipinski definition) is 1. The van der Waals surface area contributed by atoms with E-state index in [1.165, 1.54) is 22.5 Å². The maximum absolute atomic E-state index is 13.3. The van der Waals surface area contributed by atoms with Gasteiger partial charge in [-0.2, -0.15) is 0 Å². The third-order valence-electron chi connectivity index (χ3n) is 5.85. The Hall–Kier alpha value is -2.92. The van der Waals surface area contributed by atoms with E-state index >= 15 is 0 Å². The Bertz CT molecular complexity index is 1250. The van der Waals surface area contributed by atoms with Crippen LogP contribution in [0.2, 0.25) is 4.34 Å². The first kappa shape index (κ1) is 26.2. The van der Waals surface area contributed by atoms with E-state index < -0.39 is 0 Å². The molecule has 1 atom stereocenters. The van der Waals surface area contributed by atoms with Crippen molar-refractivity contribution < 1.29 is 9.59 Å². The molecule has 0 spiro atoms. The van der Waals surface area contributed by atoms with Gasteiger partial charge in [-0.25, -0.2) is 0 Å². The molecule has 0 saturated carbocycles. The summed E-state index contributed by atoms with van der Waals surface area (Å²) in [6, 6.07) is 29.9. The predicted molar refractivity (Wildman–Crippen MR) is 151 cm³/mol. The molecule has 4 rings (SSSR count). The summed E-state index contributed by atoms with van der Waals surface area (Å²) in [5, 5.41) is 3.34. The van der Waals surface area contributed by atoms with E-state index in [-0.39, 0.29) is 16.5 Å². The number of urea groups is 1. The van der Waals surface area contributed by atoms with Crippen molar-refractivity contribution in [3.8, 4) is 11.3 Å². The van der Waals surface area contributed by atoms with Gasteiger partial charge >= 0.3 is 224 Å². The number of thiazole rings is 1. The summed E-state index contributed by atoms with van der Waals surface area (Å²) in [6.07, 6.45) is 1.04. The molecule has 0 bridgehead atoms. The Kier molecular flexibility index (Phi) is 9.34. The maximum atomic E-state index is 13.3. The Morgan fingerprint density at radius 3 is 2.00 bits per heavy atom. The molecular formula is C28H27AsClN3O2S. The second-order valence-corrected chi connectivity index (χ2v) is 11.3. The average Bonchev–Trinajstić information content (AvgIpc) is 3.27. The van der Waals surface area contributed by atoms with Crippen LogP contribution in [0.15, 0.2) is 91.0 Å². The number of aromatic nitrogens is 1. The first-order chi connectivity index (χ1) is 17.5. The molecule has 3 aromatic carbocycles. The fraction of sp³-hybridized carbons (Fsp3) is 0.179. The van der Waals surface area contributed by atoms with E-state index in [9.17, 15) is 9.59 Å². The molecule has 1 heterocycles. The molecule has 0 aliphatic heterocycles. The van der Waals surface area contributed by atoms with Crippen molar-refractivity contribution in [1.29, 1.82) is 0 Å². The number of anilines is 1. The molecule has 0 radical (unpaired) electrons. The van der Waals surface area contributed by atoms with Crippen molar-refractivity contribution in [3.63, 3.8) is 0 Å². The van der Waals surface area contributed by atoms with Crippen LogP contribution >= 0.6 is 22.9 Å². The summed E-state index contributed by atoms with van der Waals surface area (Å²) in [6.45, 7) is 0.842. The molecule has 0 saturated heterocycles. The normalized spacial score (nSPS) is 10.9. The third-order valence-corrected chi connectivity index (χ3v) is 7.63. The Labute approximate surface area is 229 Å². The first-order valence-corrected chi connectivity index (χ1v) is 14.1. The van der Waals surface area contributed by atoms with E-state index in [0.29, 0.717) is 34.7 Å². The number of carbonyl (C=O) groups is 2. The molecule has 36 heavy (non-hydrogen) atoms. The quantitative estimate of drug-likeness (QED) is 0.232. The zero-order chi connectivity index (χ0) is 25.3. The van der Waals surface area contributed by atoms with Crippen LogP contribution in [0.5, 0.6) is 0 Å². The van der Waals surface area contributed by atoms with Crippen LogP contribution in [-0.2, 0) is 4.79 Å². The zero-order valence-electron chi connectivity index (χ0n) is 19.6. The van der Waals surface area contributed by atoms with Gasteiger partial charge in [0.25, 0.3) is 0 Å². The summed E-state index contributed by atoms with van der Waals surface area (Å²) in [5.74, 6) is 0.128. The molecule has 184 valence electrons. The van der Waals surface area contributed by atoms with Crippen molar-refractivity contribution in [1.82, 2.24) is 9.88 Å². The summed E-state index contributed by atoms with van der Waals surface area (Å²) in [7, 11) is 0. The van der Waals surface area contributed by atoms with Crippen LogP contribution in [0.4, 0.5) is 9.93 Å². The number of rotatable bonds is 10. The number of hydrogen-bond acceptors (Lipinski definition) is 4. The minimum atomic E-state index is -0.284. The fourth-order valence-electron chi connectivity index (χ4n) is 4.04. The monoisotopic (exact) mass is 579 g/mol. The van der Waals surface area contributed by atoms with Crippen LogP contribution in [-0.4, -0.2) is 50.4 Å². The van der Waals surface area contributed by atoms with Gasteiger partial charge in [-0.3, -0.25) is 0 Å². The van der Waals surface area contributed by atoms with Gasteiger partial charge in [-0.05, 0) is 0 Å². The van der Waals surface area contributed by atoms with E-state index in [2.05, 4.69) is 34.6 Å². The molecule has 4 aromatic rings. The second-order valence-electron chi connectivity index (χ2n) is 8.30. The number of amides is 2. The molecule has 1 unspecified atom stereocenters. The minimum absolute atomic E-state index is 0.103. The van der Waals surface area contributed by atoms with Gasteiger partial charge in [0.05, 0.1) is 0 Å². The van der Waals surface area contributed by atoms with Crippen LogP contribution in [0.25, 0.3) is 11.3 Å². The average molecular weight is 580 g/mol. The standard InChI is InChI=1S/C28H27AsClN3O2S/c29-24(34)17-19-33(18-16-23(20-10-4-1-5-11-20)21-12-6-2-7-13-21)28(35)32-27-31-25(26(30)36-27)22-14-8-3-9-15-22/h1-15,23H,16-19,29H2,(H,31,32,35). The van der Waals surface area contributed by atoms with Crippen molar-refractivity contribution in [2.45, 2.75) is 18.8 Å². The van der Waals surface area contributed by atoms with Gasteiger partial charge < -0.3 is 0 Å². The molecule has 1 N–H and O–H groups in total. The van der Waals surface area contributed by atoms with E-state index in [1.54, 1.807) is 4.90 Å². The van der Waals surface area contributed by atoms with Gasteiger partial charge in [0.2, 0.25) is 0 Å². The first-order valence-electron chi connectivity index (χ1n) is 11.7. The number of nitrogens with one attached hydrogen (secondary N) is 1. The second kappa shape index (κ2) is 12.9. The van der Waals surface area contributed by atoms with Crippen LogP contribution in [0.1, 0.15) is 29.9 Å². The molecule has 5 nitrogen and oxygen atoms in total. The predicted octanol–water partition coefficient (Wildman–Crippen LogP) is 6.07. The molecule has 1 aromatic heterocycles. The number of halogens is 1. The number of carbonyl (C=O) groups excluding carboxylic acids is 2. The Morgan fingerprint density at radius 2 is 1.44 bits per heavy atom. The van der Waals surface area contributed by atoms with Crippen LogP contribution in [0, 0.1) is 0 Å². The van der Waals surface area contributed by atoms with E-state index in [4.69, 9.17) is 11.6 Å². The molecular weight excluding hydrogens is 553 g/mol. The van der Waals surface area contributed by atoms with Crippen molar-refractivity contribution in [2.75, 3.05) is 18.4 Å². The van der Waals surface area contributed by atoms with Crippen LogP contribution < -0.4 is 5.32 Å². The van der Waals surface area contributed by atoms with Crippen LogP contribution in [0.3, 0.4) is 0 Å². The van der Waals surface area contributed by atoms with E-state index in [1.807, 2.05) is 66.7 Å². The van der Waals surface area contributed by atoms with Gasteiger partial charge in [0.15, 0.2) is 0 Å². The molecule has 0 aliphatic rings.